The van der Waals surface area contributed by atoms with Gasteiger partial charge in [0.1, 0.15) is 11.2 Å². The number of carboxylic acids is 1. The van der Waals surface area contributed by atoms with Gasteiger partial charge in [-0.25, -0.2) is 14.6 Å². The Bertz CT molecular complexity index is 505. The van der Waals surface area contributed by atoms with Crippen LogP contribution in [0.5, 0.6) is 0 Å². The van der Waals surface area contributed by atoms with E-state index in [0.717, 1.165) is 0 Å². The summed E-state index contributed by atoms with van der Waals surface area (Å²) < 4.78 is 5.40. The molecule has 0 saturated carbocycles. The van der Waals surface area contributed by atoms with Gasteiger partial charge in [0, 0.05) is 4.47 Å². The highest BCUT2D eigenvalue weighted by Crippen LogP contribution is 2.28. The number of carboxylic acid groups (broad SMARTS) is 1. The molecule has 0 saturated heterocycles. The molecule has 0 aliphatic rings. The molecule has 0 atom stereocenters. The van der Waals surface area contributed by atoms with E-state index >= 15 is 0 Å². The first-order valence-electron chi connectivity index (χ1n) is 4.59. The van der Waals surface area contributed by atoms with Crippen molar-refractivity contribution in [3.63, 3.8) is 0 Å². The quantitative estimate of drug-likeness (QED) is 0.620. The van der Waals surface area contributed by atoms with E-state index in [9.17, 15) is 9.59 Å². The lowest BCUT2D eigenvalue weighted by atomic mass is 10.3. The first kappa shape index (κ1) is 14.7. The van der Waals surface area contributed by atoms with Gasteiger partial charge in [-0.2, -0.15) is 0 Å². The van der Waals surface area contributed by atoms with Gasteiger partial charge < -0.3 is 9.84 Å². The number of hydrogen-bond donors (Lipinski definition) is 2. The Morgan fingerprint density at radius 1 is 1.56 bits per heavy atom. The summed E-state index contributed by atoms with van der Waals surface area (Å²) in [7, 11) is 0. The first-order chi connectivity index (χ1) is 8.45. The Labute approximate surface area is 119 Å². The van der Waals surface area contributed by atoms with Gasteiger partial charge >= 0.3 is 12.1 Å². The minimum absolute atomic E-state index is 0.0236. The monoisotopic (exact) mass is 378 g/mol. The molecule has 0 aliphatic carbocycles. The number of anilines is 1. The van der Waals surface area contributed by atoms with Crippen molar-refractivity contribution in [2.45, 2.75) is 0 Å². The zero-order chi connectivity index (χ0) is 13.7. The first-order valence-corrected chi connectivity index (χ1v) is 6.18. The second kappa shape index (κ2) is 6.50. The van der Waals surface area contributed by atoms with Gasteiger partial charge in [-0.3, -0.25) is 5.32 Å². The number of aromatic carboxylic acids is 1. The summed E-state index contributed by atoms with van der Waals surface area (Å²) in [5.74, 6) is -1.27. The van der Waals surface area contributed by atoms with E-state index in [-0.39, 0.29) is 18.0 Å². The van der Waals surface area contributed by atoms with Crippen molar-refractivity contribution >= 4 is 49.6 Å². The number of amides is 1. The SMILES string of the molecule is C=CCOC(=O)Nc1c(Br)cc(Br)nc1C(=O)O. The number of nitrogens with zero attached hydrogens (tertiary/aromatic N) is 1. The Hall–Kier alpha value is -1.41. The molecule has 6 nitrogen and oxygen atoms in total. The molecule has 1 amide bonds. The van der Waals surface area contributed by atoms with Crippen molar-refractivity contribution in [1.82, 2.24) is 4.98 Å². The number of hydrogen-bond acceptors (Lipinski definition) is 4. The van der Waals surface area contributed by atoms with Crippen LogP contribution in [0, 0.1) is 0 Å². The van der Waals surface area contributed by atoms with Crippen molar-refractivity contribution in [2.75, 3.05) is 11.9 Å². The predicted molar refractivity (Wildman–Crippen MR) is 71.8 cm³/mol. The van der Waals surface area contributed by atoms with E-state index in [1.165, 1.54) is 12.1 Å². The van der Waals surface area contributed by atoms with Gasteiger partial charge in [0.2, 0.25) is 0 Å². The number of pyridine rings is 1. The third-order valence-electron chi connectivity index (χ3n) is 1.70. The fourth-order valence-corrected chi connectivity index (χ4v) is 2.25. The molecule has 8 heteroatoms. The second-order valence-electron chi connectivity index (χ2n) is 2.97. The summed E-state index contributed by atoms with van der Waals surface area (Å²) >= 11 is 6.20. The highest BCUT2D eigenvalue weighted by molar-refractivity contribution is 9.11. The second-order valence-corrected chi connectivity index (χ2v) is 4.63. The molecule has 0 unspecified atom stereocenters. The lowest BCUT2D eigenvalue weighted by molar-refractivity contribution is 0.0691. The standard InChI is InChI=1S/C10H8Br2N2O4/c1-2-3-18-10(17)14-7-5(11)4-6(12)13-8(7)9(15)16/h2,4H,1,3H2,(H,14,17)(H,15,16). The van der Waals surface area contributed by atoms with E-state index in [2.05, 4.69) is 48.7 Å². The molecule has 1 aromatic heterocycles. The van der Waals surface area contributed by atoms with Crippen LogP contribution >= 0.6 is 31.9 Å². The molecular formula is C10H8Br2N2O4. The maximum absolute atomic E-state index is 11.3. The number of carbonyl (C=O) groups excluding carboxylic acids is 1. The van der Waals surface area contributed by atoms with Crippen molar-refractivity contribution in [3.8, 4) is 0 Å². The lowest BCUT2D eigenvalue weighted by Crippen LogP contribution is -2.17. The molecule has 0 spiro atoms. The topological polar surface area (TPSA) is 88.5 Å². The molecule has 0 radical (unpaired) electrons. The van der Waals surface area contributed by atoms with Gasteiger partial charge in [-0.05, 0) is 37.9 Å². The fraction of sp³-hybridized carbons (Fsp3) is 0.100. The van der Waals surface area contributed by atoms with Crippen LogP contribution in [0.15, 0.2) is 27.8 Å². The van der Waals surface area contributed by atoms with Crippen molar-refractivity contribution < 1.29 is 19.4 Å². The largest absolute Gasteiger partial charge is 0.476 e. The Balaban J connectivity index is 3.03. The molecule has 1 heterocycles. The maximum atomic E-state index is 11.3. The molecule has 96 valence electrons. The summed E-state index contributed by atoms with van der Waals surface area (Å²) in [6.45, 7) is 3.41. The van der Waals surface area contributed by atoms with E-state index in [4.69, 9.17) is 9.84 Å². The van der Waals surface area contributed by atoms with Gasteiger partial charge in [-0.1, -0.05) is 12.7 Å². The molecule has 0 fully saturated rings. The molecule has 18 heavy (non-hydrogen) atoms. The lowest BCUT2D eigenvalue weighted by Gasteiger charge is -2.10. The van der Waals surface area contributed by atoms with E-state index in [1.54, 1.807) is 0 Å². The molecule has 0 aromatic carbocycles. The molecule has 1 aromatic rings. The summed E-state index contributed by atoms with van der Waals surface area (Å²) in [5, 5.41) is 11.3. The number of aromatic nitrogens is 1. The summed E-state index contributed by atoms with van der Waals surface area (Å²) in [4.78, 5) is 26.1. The number of halogens is 2. The van der Waals surface area contributed by atoms with Crippen molar-refractivity contribution in [3.05, 3.63) is 33.5 Å². The third kappa shape index (κ3) is 3.81. The van der Waals surface area contributed by atoms with Crippen molar-refractivity contribution in [2.24, 2.45) is 0 Å². The highest BCUT2D eigenvalue weighted by Gasteiger charge is 2.18. The Kier molecular flexibility index (Phi) is 5.29. The van der Waals surface area contributed by atoms with Gasteiger partial charge in [0.15, 0.2) is 5.69 Å². The van der Waals surface area contributed by atoms with Crippen LogP contribution in [-0.4, -0.2) is 28.8 Å². The zero-order valence-corrected chi connectivity index (χ0v) is 12.1. The van der Waals surface area contributed by atoms with Crippen LogP contribution < -0.4 is 5.32 Å². The van der Waals surface area contributed by atoms with E-state index < -0.39 is 12.1 Å². The molecule has 0 aliphatic heterocycles. The van der Waals surface area contributed by atoms with Crippen molar-refractivity contribution in [1.29, 1.82) is 0 Å². The van der Waals surface area contributed by atoms with E-state index in [1.807, 2.05) is 0 Å². The molecule has 0 bridgehead atoms. The van der Waals surface area contributed by atoms with E-state index in [0.29, 0.717) is 9.08 Å². The minimum Gasteiger partial charge on any atom is -0.476 e. The molecular weight excluding hydrogens is 372 g/mol. The van der Waals surface area contributed by atoms with Gasteiger partial charge in [0.05, 0.1) is 5.69 Å². The maximum Gasteiger partial charge on any atom is 0.412 e. The third-order valence-corrected chi connectivity index (χ3v) is 2.73. The fourth-order valence-electron chi connectivity index (χ4n) is 1.03. The average molecular weight is 380 g/mol. The zero-order valence-electron chi connectivity index (χ0n) is 8.94. The summed E-state index contributed by atoms with van der Waals surface area (Å²) in [5.41, 5.74) is -0.272. The summed E-state index contributed by atoms with van der Waals surface area (Å²) in [6.07, 6.45) is 0.606. The molecule has 2 N–H and O–H groups in total. The minimum atomic E-state index is -1.27. The smallest absolute Gasteiger partial charge is 0.412 e. The van der Waals surface area contributed by atoms with Gasteiger partial charge in [0.25, 0.3) is 0 Å². The number of nitrogens with one attached hydrogen (secondary N) is 1. The van der Waals surface area contributed by atoms with Crippen LogP contribution in [0.2, 0.25) is 0 Å². The van der Waals surface area contributed by atoms with Crippen LogP contribution in [0.1, 0.15) is 10.5 Å². The Morgan fingerprint density at radius 3 is 2.78 bits per heavy atom. The summed E-state index contributed by atoms with van der Waals surface area (Å²) in [6, 6.07) is 1.51. The molecule has 1 rings (SSSR count). The number of rotatable bonds is 4. The normalized spacial score (nSPS) is 9.67. The Morgan fingerprint density at radius 2 is 2.22 bits per heavy atom. The van der Waals surface area contributed by atoms with Crippen LogP contribution in [0.25, 0.3) is 0 Å². The van der Waals surface area contributed by atoms with Gasteiger partial charge in [-0.15, -0.1) is 0 Å². The number of ether oxygens (including phenoxy) is 1. The number of carbonyl (C=O) groups is 2. The highest BCUT2D eigenvalue weighted by atomic mass is 79.9. The average Bonchev–Trinajstić information content (AvgIpc) is 2.29. The van der Waals surface area contributed by atoms with Crippen LogP contribution in [0.4, 0.5) is 10.5 Å². The van der Waals surface area contributed by atoms with Crippen LogP contribution in [-0.2, 0) is 4.74 Å². The predicted octanol–water partition coefficient (Wildman–Crippen LogP) is 3.04. The van der Waals surface area contributed by atoms with Crippen LogP contribution in [0.3, 0.4) is 0 Å².